The zero-order chi connectivity index (χ0) is 6.57. The number of hydrogen-bond acceptors (Lipinski definition) is 2. The first-order chi connectivity index (χ1) is 3.63. The van der Waals surface area contributed by atoms with E-state index in [1.165, 1.54) is 6.08 Å². The van der Waals surface area contributed by atoms with Gasteiger partial charge in [0.15, 0.2) is 0 Å². The lowest BCUT2D eigenvalue weighted by molar-refractivity contribution is 0.564. The van der Waals surface area contributed by atoms with E-state index in [0.29, 0.717) is 0 Å². The van der Waals surface area contributed by atoms with Crippen LogP contribution in [-0.2, 0) is 0 Å². The van der Waals surface area contributed by atoms with E-state index in [2.05, 4.69) is 0 Å². The molecule has 0 rings (SSSR count). The van der Waals surface area contributed by atoms with Gasteiger partial charge < -0.3 is 4.90 Å². The van der Waals surface area contributed by atoms with E-state index in [1.807, 2.05) is 19.0 Å². The Hall–Kier alpha value is -0.500. The van der Waals surface area contributed by atoms with Crippen molar-refractivity contribution in [3.63, 3.8) is 0 Å². The Labute approximate surface area is 54.3 Å². The molecule has 0 aliphatic carbocycles. The fourth-order valence-electron chi connectivity index (χ4n) is 0.215. The number of allylic oxidation sites excluding steroid dienone is 1. The third kappa shape index (κ3) is 5.50. The van der Waals surface area contributed by atoms with Crippen LogP contribution >= 0.6 is 11.6 Å². The Balaban J connectivity index is 3.50. The smallest absolute Gasteiger partial charge is 0.122 e. The molecule has 0 saturated heterocycles. The van der Waals surface area contributed by atoms with E-state index >= 15 is 0 Å². The van der Waals surface area contributed by atoms with E-state index in [-0.39, 0.29) is 5.17 Å². The predicted octanol–water partition coefficient (Wildman–Crippen LogP) is 1.28. The molecule has 0 aromatic rings. The van der Waals surface area contributed by atoms with E-state index in [1.54, 1.807) is 6.20 Å². The predicted molar refractivity (Wildman–Crippen MR) is 36.4 cm³/mol. The summed E-state index contributed by atoms with van der Waals surface area (Å²) < 4.78 is 0. The minimum absolute atomic E-state index is 0.0544. The molecule has 0 aromatic heterocycles. The second kappa shape index (κ2) is 3.50. The molecule has 0 spiro atoms. The van der Waals surface area contributed by atoms with E-state index < -0.39 is 0 Å². The second-order valence-corrected chi connectivity index (χ2v) is 2.03. The standard InChI is InChI=1S/C5H9ClN2/c1-8(2)4-3-5(6)7/h3-4,7H,1-2H3/b4-3+,7-5?. The number of nitrogens with zero attached hydrogens (tertiary/aromatic N) is 1. The second-order valence-electron chi connectivity index (χ2n) is 1.63. The molecule has 0 bridgehead atoms. The van der Waals surface area contributed by atoms with Crippen LogP contribution in [0.5, 0.6) is 0 Å². The summed E-state index contributed by atoms with van der Waals surface area (Å²) in [5, 5.41) is 6.79. The first-order valence-electron chi connectivity index (χ1n) is 2.21. The van der Waals surface area contributed by atoms with Crippen LogP contribution in [0.3, 0.4) is 0 Å². The Morgan fingerprint density at radius 1 is 1.62 bits per heavy atom. The summed E-state index contributed by atoms with van der Waals surface area (Å²) in [6.07, 6.45) is 3.23. The monoisotopic (exact) mass is 132 g/mol. The summed E-state index contributed by atoms with van der Waals surface area (Å²) in [4.78, 5) is 1.82. The highest BCUT2D eigenvalue weighted by Gasteiger charge is 1.78. The third-order valence-corrected chi connectivity index (χ3v) is 0.645. The largest absolute Gasteiger partial charge is 0.383 e. The van der Waals surface area contributed by atoms with Gasteiger partial charge in [0.2, 0.25) is 0 Å². The number of nitrogens with one attached hydrogen (secondary N) is 1. The van der Waals surface area contributed by atoms with Gasteiger partial charge in [-0.25, -0.2) is 0 Å². The van der Waals surface area contributed by atoms with Crippen molar-refractivity contribution in [2.45, 2.75) is 0 Å². The molecule has 0 unspecified atom stereocenters. The Kier molecular flexibility index (Phi) is 3.28. The molecule has 0 fully saturated rings. The van der Waals surface area contributed by atoms with Crippen molar-refractivity contribution in [1.29, 1.82) is 5.41 Å². The quantitative estimate of drug-likeness (QED) is 0.563. The fourth-order valence-corrected chi connectivity index (χ4v) is 0.271. The topological polar surface area (TPSA) is 27.1 Å². The Morgan fingerprint density at radius 3 is 2.25 bits per heavy atom. The zero-order valence-electron chi connectivity index (χ0n) is 4.98. The molecule has 0 aliphatic rings. The SMILES string of the molecule is CN(C)/C=C/C(=N)Cl. The van der Waals surface area contributed by atoms with Gasteiger partial charge in [0, 0.05) is 20.3 Å². The highest BCUT2D eigenvalue weighted by Crippen LogP contribution is 1.83. The van der Waals surface area contributed by atoms with E-state index in [9.17, 15) is 0 Å². The first-order valence-corrected chi connectivity index (χ1v) is 2.59. The molecule has 46 valence electrons. The molecule has 0 atom stereocenters. The van der Waals surface area contributed by atoms with E-state index in [4.69, 9.17) is 17.0 Å². The van der Waals surface area contributed by atoms with E-state index in [0.717, 1.165) is 0 Å². The molecule has 0 radical (unpaired) electrons. The highest BCUT2D eigenvalue weighted by atomic mass is 35.5. The summed E-state index contributed by atoms with van der Waals surface area (Å²) in [7, 11) is 3.74. The molecule has 8 heavy (non-hydrogen) atoms. The third-order valence-electron chi connectivity index (χ3n) is 0.519. The molecule has 0 saturated carbocycles. The van der Waals surface area contributed by atoms with Gasteiger partial charge in [0.25, 0.3) is 0 Å². The Bertz CT molecular complexity index is 107. The molecule has 3 heteroatoms. The van der Waals surface area contributed by atoms with Crippen molar-refractivity contribution >= 4 is 16.8 Å². The lowest BCUT2D eigenvalue weighted by Crippen LogP contribution is -2.00. The molecule has 0 heterocycles. The average molecular weight is 133 g/mol. The minimum Gasteiger partial charge on any atom is -0.383 e. The van der Waals surface area contributed by atoms with Crippen LogP contribution in [-0.4, -0.2) is 24.2 Å². The maximum absolute atomic E-state index is 6.74. The lowest BCUT2D eigenvalue weighted by atomic mass is 10.6. The summed E-state index contributed by atoms with van der Waals surface area (Å²) in [5.41, 5.74) is 0. The molecule has 0 aromatic carbocycles. The van der Waals surface area contributed by atoms with Gasteiger partial charge >= 0.3 is 0 Å². The molecule has 0 aliphatic heterocycles. The minimum atomic E-state index is 0.0544. The number of hydrogen-bond donors (Lipinski definition) is 1. The average Bonchev–Trinajstić information content (AvgIpc) is 1.61. The van der Waals surface area contributed by atoms with Gasteiger partial charge in [-0.05, 0) is 6.08 Å². The fraction of sp³-hybridized carbons (Fsp3) is 0.400. The molecular weight excluding hydrogens is 124 g/mol. The number of halogens is 1. The van der Waals surface area contributed by atoms with Crippen molar-refractivity contribution in [3.8, 4) is 0 Å². The molecule has 0 amide bonds. The van der Waals surface area contributed by atoms with Gasteiger partial charge in [-0.1, -0.05) is 11.6 Å². The summed E-state index contributed by atoms with van der Waals surface area (Å²) in [6.45, 7) is 0. The van der Waals surface area contributed by atoms with Crippen LogP contribution in [0, 0.1) is 5.41 Å². The molecule has 1 N–H and O–H groups in total. The van der Waals surface area contributed by atoms with Crippen molar-refractivity contribution in [2.75, 3.05) is 14.1 Å². The lowest BCUT2D eigenvalue weighted by Gasteiger charge is -2.00. The van der Waals surface area contributed by atoms with Crippen LogP contribution < -0.4 is 0 Å². The van der Waals surface area contributed by atoms with Crippen molar-refractivity contribution in [3.05, 3.63) is 12.3 Å². The van der Waals surface area contributed by atoms with Crippen LogP contribution in [0.15, 0.2) is 12.3 Å². The normalized spacial score (nSPS) is 9.88. The Morgan fingerprint density at radius 2 is 2.12 bits per heavy atom. The van der Waals surface area contributed by atoms with Crippen LogP contribution in [0.4, 0.5) is 0 Å². The van der Waals surface area contributed by atoms with Crippen LogP contribution in [0.1, 0.15) is 0 Å². The van der Waals surface area contributed by atoms with Gasteiger partial charge in [0.1, 0.15) is 5.17 Å². The summed E-state index contributed by atoms with van der Waals surface area (Å²) in [6, 6.07) is 0. The number of rotatable bonds is 2. The first kappa shape index (κ1) is 7.50. The van der Waals surface area contributed by atoms with Gasteiger partial charge in [-0.3, -0.25) is 5.41 Å². The maximum Gasteiger partial charge on any atom is 0.122 e. The summed E-state index contributed by atoms with van der Waals surface area (Å²) in [5.74, 6) is 0. The van der Waals surface area contributed by atoms with Crippen molar-refractivity contribution in [1.82, 2.24) is 4.90 Å². The summed E-state index contributed by atoms with van der Waals surface area (Å²) >= 11 is 5.19. The van der Waals surface area contributed by atoms with Gasteiger partial charge in [-0.2, -0.15) is 0 Å². The van der Waals surface area contributed by atoms with Crippen molar-refractivity contribution < 1.29 is 0 Å². The highest BCUT2D eigenvalue weighted by molar-refractivity contribution is 6.67. The maximum atomic E-state index is 6.74. The van der Waals surface area contributed by atoms with Crippen molar-refractivity contribution in [2.24, 2.45) is 0 Å². The van der Waals surface area contributed by atoms with Gasteiger partial charge in [-0.15, -0.1) is 0 Å². The van der Waals surface area contributed by atoms with Gasteiger partial charge in [0.05, 0.1) is 0 Å². The zero-order valence-corrected chi connectivity index (χ0v) is 5.74. The van der Waals surface area contributed by atoms with Crippen LogP contribution in [0.2, 0.25) is 0 Å². The van der Waals surface area contributed by atoms with Crippen LogP contribution in [0.25, 0.3) is 0 Å². The molecular formula is C5H9ClN2. The molecule has 2 nitrogen and oxygen atoms in total.